The summed E-state index contributed by atoms with van der Waals surface area (Å²) in [5.74, 6) is -0.513. The number of hydrogen-bond donors (Lipinski definition) is 1. The number of aromatic nitrogens is 2. The molecule has 0 fully saturated rings. The maximum atomic E-state index is 12.9. The summed E-state index contributed by atoms with van der Waals surface area (Å²) in [7, 11) is 0. The van der Waals surface area contributed by atoms with E-state index in [1.165, 1.54) is 24.3 Å². The average molecular weight is 270 g/mol. The molecule has 1 heterocycles. The van der Waals surface area contributed by atoms with Gasteiger partial charge in [-0.05, 0) is 48.0 Å². The molecule has 20 heavy (non-hydrogen) atoms. The fourth-order valence-electron chi connectivity index (χ4n) is 2.04. The van der Waals surface area contributed by atoms with Gasteiger partial charge in [0, 0.05) is 17.7 Å². The van der Waals surface area contributed by atoms with Gasteiger partial charge in [0.25, 0.3) is 0 Å². The molecule has 0 amide bonds. The number of hydrogen-bond acceptors (Lipinski definition) is 1. The lowest BCUT2D eigenvalue weighted by atomic mass is 10.1. The Labute approximate surface area is 115 Å². The summed E-state index contributed by atoms with van der Waals surface area (Å²) in [5.41, 5.74) is 3.55. The summed E-state index contributed by atoms with van der Waals surface area (Å²) in [6, 6.07) is 14.5. The Hall–Kier alpha value is -2.49. The van der Waals surface area contributed by atoms with E-state index in [1.54, 1.807) is 24.3 Å². The minimum Gasteiger partial charge on any atom is -0.282 e. The number of nitrogens with one attached hydrogen (secondary N) is 1. The standard InChI is InChI=1S/C16H12F2N2/c17-13-5-1-11(2-6-13)9-15-10-16(20-19-15)12-3-7-14(18)8-4-12/h1-8,10H,9H2,(H,19,20). The van der Waals surface area contributed by atoms with Crippen LogP contribution in [0.3, 0.4) is 0 Å². The minimum atomic E-state index is -0.268. The normalized spacial score (nSPS) is 10.7. The molecule has 3 rings (SSSR count). The highest BCUT2D eigenvalue weighted by molar-refractivity contribution is 5.59. The average Bonchev–Trinajstić information content (AvgIpc) is 2.91. The quantitative estimate of drug-likeness (QED) is 0.767. The van der Waals surface area contributed by atoms with E-state index in [4.69, 9.17) is 0 Å². The van der Waals surface area contributed by atoms with Crippen molar-refractivity contribution < 1.29 is 8.78 Å². The first-order valence-corrected chi connectivity index (χ1v) is 6.25. The second-order valence-corrected chi connectivity index (χ2v) is 4.59. The van der Waals surface area contributed by atoms with Gasteiger partial charge < -0.3 is 0 Å². The van der Waals surface area contributed by atoms with Crippen molar-refractivity contribution in [1.82, 2.24) is 10.2 Å². The van der Waals surface area contributed by atoms with Gasteiger partial charge in [-0.15, -0.1) is 0 Å². The van der Waals surface area contributed by atoms with Crippen LogP contribution in [-0.2, 0) is 6.42 Å². The summed E-state index contributed by atoms with van der Waals surface area (Å²) in [4.78, 5) is 0. The third-order valence-electron chi connectivity index (χ3n) is 3.08. The number of halogens is 2. The van der Waals surface area contributed by atoms with E-state index in [-0.39, 0.29) is 11.6 Å². The maximum Gasteiger partial charge on any atom is 0.123 e. The van der Waals surface area contributed by atoms with E-state index in [0.717, 1.165) is 22.5 Å². The number of rotatable bonds is 3. The summed E-state index contributed by atoms with van der Waals surface area (Å²) in [6.07, 6.45) is 0.647. The highest BCUT2D eigenvalue weighted by atomic mass is 19.1. The van der Waals surface area contributed by atoms with E-state index in [2.05, 4.69) is 10.2 Å². The lowest BCUT2D eigenvalue weighted by Gasteiger charge is -1.98. The van der Waals surface area contributed by atoms with Gasteiger partial charge in [0.05, 0.1) is 5.69 Å². The lowest BCUT2D eigenvalue weighted by molar-refractivity contribution is 0.627. The van der Waals surface area contributed by atoms with E-state index >= 15 is 0 Å². The zero-order valence-electron chi connectivity index (χ0n) is 10.6. The van der Waals surface area contributed by atoms with E-state index in [1.807, 2.05) is 6.07 Å². The highest BCUT2D eigenvalue weighted by Gasteiger charge is 2.05. The monoisotopic (exact) mass is 270 g/mol. The Kier molecular flexibility index (Phi) is 3.29. The molecule has 4 heteroatoms. The molecule has 0 aliphatic carbocycles. The molecule has 0 aliphatic heterocycles. The Bertz CT molecular complexity index is 700. The Morgan fingerprint density at radius 3 is 2.10 bits per heavy atom. The summed E-state index contributed by atoms with van der Waals surface area (Å²) in [6.45, 7) is 0. The molecular formula is C16H12F2N2. The Morgan fingerprint density at radius 1 is 0.850 bits per heavy atom. The van der Waals surface area contributed by atoms with E-state index in [9.17, 15) is 8.78 Å². The molecular weight excluding hydrogens is 258 g/mol. The second-order valence-electron chi connectivity index (χ2n) is 4.59. The first-order valence-electron chi connectivity index (χ1n) is 6.25. The van der Waals surface area contributed by atoms with Crippen LogP contribution in [0.4, 0.5) is 8.78 Å². The van der Waals surface area contributed by atoms with Crippen LogP contribution in [0.2, 0.25) is 0 Å². The zero-order valence-corrected chi connectivity index (χ0v) is 10.6. The van der Waals surface area contributed by atoms with Crippen LogP contribution < -0.4 is 0 Å². The van der Waals surface area contributed by atoms with E-state index < -0.39 is 0 Å². The molecule has 3 aromatic rings. The van der Waals surface area contributed by atoms with Gasteiger partial charge in [0.15, 0.2) is 0 Å². The third-order valence-corrected chi connectivity index (χ3v) is 3.08. The Morgan fingerprint density at radius 2 is 1.45 bits per heavy atom. The number of nitrogens with zero attached hydrogens (tertiary/aromatic N) is 1. The molecule has 0 saturated carbocycles. The van der Waals surface area contributed by atoms with Crippen molar-refractivity contribution in [2.45, 2.75) is 6.42 Å². The molecule has 2 aromatic carbocycles. The smallest absolute Gasteiger partial charge is 0.123 e. The summed E-state index contributed by atoms with van der Waals surface area (Å²) < 4.78 is 25.7. The maximum absolute atomic E-state index is 12.9. The van der Waals surface area contributed by atoms with Crippen LogP contribution in [0, 0.1) is 11.6 Å². The van der Waals surface area contributed by atoms with Gasteiger partial charge in [-0.2, -0.15) is 5.10 Å². The molecule has 0 aliphatic rings. The fraction of sp³-hybridized carbons (Fsp3) is 0.0625. The molecule has 0 radical (unpaired) electrons. The van der Waals surface area contributed by atoms with Crippen molar-refractivity contribution >= 4 is 0 Å². The molecule has 0 spiro atoms. The van der Waals surface area contributed by atoms with Crippen LogP contribution in [0.25, 0.3) is 11.3 Å². The largest absolute Gasteiger partial charge is 0.282 e. The zero-order chi connectivity index (χ0) is 13.9. The third kappa shape index (κ3) is 2.74. The van der Waals surface area contributed by atoms with Crippen LogP contribution >= 0.6 is 0 Å². The van der Waals surface area contributed by atoms with Crippen molar-refractivity contribution in [3.8, 4) is 11.3 Å². The molecule has 0 atom stereocenters. The minimum absolute atomic E-state index is 0.245. The molecule has 1 aromatic heterocycles. The Balaban J connectivity index is 1.80. The molecule has 1 N–H and O–H groups in total. The van der Waals surface area contributed by atoms with Crippen molar-refractivity contribution in [2.75, 3.05) is 0 Å². The first kappa shape index (κ1) is 12.5. The number of benzene rings is 2. The molecule has 100 valence electrons. The van der Waals surface area contributed by atoms with Gasteiger partial charge in [-0.25, -0.2) is 8.78 Å². The topological polar surface area (TPSA) is 28.7 Å². The van der Waals surface area contributed by atoms with Crippen molar-refractivity contribution in [3.05, 3.63) is 77.5 Å². The summed E-state index contributed by atoms with van der Waals surface area (Å²) >= 11 is 0. The van der Waals surface area contributed by atoms with Crippen molar-refractivity contribution in [1.29, 1.82) is 0 Å². The van der Waals surface area contributed by atoms with E-state index in [0.29, 0.717) is 6.42 Å². The second kappa shape index (κ2) is 5.25. The molecule has 0 saturated heterocycles. The van der Waals surface area contributed by atoms with Crippen LogP contribution in [-0.4, -0.2) is 10.2 Å². The van der Waals surface area contributed by atoms with Crippen molar-refractivity contribution in [2.24, 2.45) is 0 Å². The fourth-order valence-corrected chi connectivity index (χ4v) is 2.04. The first-order chi connectivity index (χ1) is 9.70. The lowest BCUT2D eigenvalue weighted by Crippen LogP contribution is -1.88. The molecule has 0 unspecified atom stereocenters. The SMILES string of the molecule is Fc1ccc(Cc2cc(-c3ccc(F)cc3)n[nH]2)cc1. The number of H-pyrrole nitrogens is 1. The van der Waals surface area contributed by atoms with Crippen molar-refractivity contribution in [3.63, 3.8) is 0 Å². The van der Waals surface area contributed by atoms with Crippen LogP contribution in [0.1, 0.15) is 11.3 Å². The molecule has 0 bridgehead atoms. The molecule has 2 nitrogen and oxygen atoms in total. The van der Waals surface area contributed by atoms with Gasteiger partial charge in [0.1, 0.15) is 11.6 Å². The highest BCUT2D eigenvalue weighted by Crippen LogP contribution is 2.19. The summed E-state index contributed by atoms with van der Waals surface area (Å²) in [5, 5.41) is 7.15. The predicted molar refractivity (Wildman–Crippen MR) is 73.2 cm³/mol. The van der Waals surface area contributed by atoms with Crippen LogP contribution in [0.5, 0.6) is 0 Å². The van der Waals surface area contributed by atoms with Gasteiger partial charge in [-0.3, -0.25) is 5.10 Å². The van der Waals surface area contributed by atoms with Gasteiger partial charge >= 0.3 is 0 Å². The van der Waals surface area contributed by atoms with Crippen LogP contribution in [0.15, 0.2) is 54.6 Å². The number of aromatic amines is 1. The van der Waals surface area contributed by atoms with Gasteiger partial charge in [0.2, 0.25) is 0 Å². The van der Waals surface area contributed by atoms with Gasteiger partial charge in [-0.1, -0.05) is 12.1 Å². The predicted octanol–water partition coefficient (Wildman–Crippen LogP) is 3.95.